The highest BCUT2D eigenvalue weighted by atomic mass is 32.2. The molecule has 2 aliphatic rings. The molecule has 0 N–H and O–H groups in total. The van der Waals surface area contributed by atoms with Gasteiger partial charge in [0.2, 0.25) is 5.91 Å². The maximum atomic E-state index is 12.3. The highest BCUT2D eigenvalue weighted by Gasteiger charge is 2.40. The molecule has 3 rings (SSSR count). The largest absolute Gasteiger partial charge is 0.335 e. The fourth-order valence-corrected chi connectivity index (χ4v) is 3.30. The van der Waals surface area contributed by atoms with Crippen molar-refractivity contribution in [2.75, 3.05) is 18.8 Å². The lowest BCUT2D eigenvalue weighted by Crippen LogP contribution is -2.41. The van der Waals surface area contributed by atoms with E-state index in [-0.39, 0.29) is 34.5 Å². The molecule has 3 heterocycles. The Kier molecular flexibility index (Phi) is 3.62. The second-order valence-corrected chi connectivity index (χ2v) is 5.98. The molecule has 2 saturated heterocycles. The predicted octanol–water partition coefficient (Wildman–Crippen LogP) is 0.695. The number of amides is 3. The molecular weight excluding hydrogens is 292 g/mol. The zero-order valence-electron chi connectivity index (χ0n) is 11.5. The van der Waals surface area contributed by atoms with Crippen LogP contribution in [0, 0.1) is 6.92 Å². The first kappa shape index (κ1) is 14.0. The molecule has 1 aromatic heterocycles. The number of carbonyl (C=O) groups is 3. The standard InChI is InChI=1S/C13H14N4O3S/c1-8-4-15-10(5-14-8)12(19)16-3-2-9(6-16)17-11(18)7-21-13(17)20/h4-5,9H,2-3,6-7H2,1H3. The van der Waals surface area contributed by atoms with E-state index >= 15 is 0 Å². The van der Waals surface area contributed by atoms with E-state index in [4.69, 9.17) is 0 Å². The third kappa shape index (κ3) is 2.63. The first-order chi connectivity index (χ1) is 10.1. The lowest BCUT2D eigenvalue weighted by atomic mass is 10.2. The van der Waals surface area contributed by atoms with Gasteiger partial charge in [0.25, 0.3) is 11.1 Å². The van der Waals surface area contributed by atoms with Crippen LogP contribution >= 0.6 is 11.8 Å². The summed E-state index contributed by atoms with van der Waals surface area (Å²) in [5, 5.41) is -0.213. The van der Waals surface area contributed by atoms with Gasteiger partial charge in [0.15, 0.2) is 0 Å². The number of rotatable bonds is 2. The first-order valence-corrected chi connectivity index (χ1v) is 7.61. The Morgan fingerprint density at radius 3 is 2.76 bits per heavy atom. The number of likely N-dealkylation sites (tertiary alicyclic amines) is 1. The predicted molar refractivity (Wildman–Crippen MR) is 75.8 cm³/mol. The number of imide groups is 1. The maximum absolute atomic E-state index is 12.3. The van der Waals surface area contributed by atoms with Gasteiger partial charge in [-0.1, -0.05) is 11.8 Å². The third-order valence-electron chi connectivity index (χ3n) is 3.60. The van der Waals surface area contributed by atoms with Crippen LogP contribution in [-0.4, -0.2) is 61.7 Å². The Morgan fingerprint density at radius 2 is 2.14 bits per heavy atom. The zero-order chi connectivity index (χ0) is 15.0. The molecule has 0 spiro atoms. The molecule has 0 bridgehead atoms. The van der Waals surface area contributed by atoms with Crippen LogP contribution in [0.1, 0.15) is 22.6 Å². The number of hydrogen-bond donors (Lipinski definition) is 0. The topological polar surface area (TPSA) is 83.5 Å². The molecule has 2 fully saturated rings. The van der Waals surface area contributed by atoms with Gasteiger partial charge in [0.1, 0.15) is 5.69 Å². The van der Waals surface area contributed by atoms with Gasteiger partial charge in [-0.25, -0.2) is 4.98 Å². The molecule has 110 valence electrons. The molecule has 7 nitrogen and oxygen atoms in total. The molecule has 0 aromatic carbocycles. The van der Waals surface area contributed by atoms with E-state index in [1.807, 2.05) is 0 Å². The van der Waals surface area contributed by atoms with Gasteiger partial charge < -0.3 is 4.90 Å². The summed E-state index contributed by atoms with van der Waals surface area (Å²) in [6.07, 6.45) is 3.61. The van der Waals surface area contributed by atoms with Gasteiger partial charge in [0, 0.05) is 19.3 Å². The Balaban J connectivity index is 1.69. The molecule has 21 heavy (non-hydrogen) atoms. The van der Waals surface area contributed by atoms with Crippen molar-refractivity contribution in [3.63, 3.8) is 0 Å². The van der Waals surface area contributed by atoms with E-state index in [9.17, 15) is 14.4 Å². The summed E-state index contributed by atoms with van der Waals surface area (Å²) in [4.78, 5) is 46.8. The van der Waals surface area contributed by atoms with E-state index in [0.29, 0.717) is 19.5 Å². The van der Waals surface area contributed by atoms with E-state index in [1.54, 1.807) is 18.0 Å². The summed E-state index contributed by atoms with van der Waals surface area (Å²) in [7, 11) is 0. The van der Waals surface area contributed by atoms with Gasteiger partial charge in [-0.3, -0.25) is 24.3 Å². The molecule has 1 unspecified atom stereocenters. The minimum absolute atomic E-state index is 0.167. The fourth-order valence-electron chi connectivity index (χ4n) is 2.52. The van der Waals surface area contributed by atoms with Crippen molar-refractivity contribution in [3.05, 3.63) is 23.8 Å². The molecule has 2 aliphatic heterocycles. The van der Waals surface area contributed by atoms with Crippen LogP contribution in [0.15, 0.2) is 12.4 Å². The van der Waals surface area contributed by atoms with E-state index in [1.165, 1.54) is 11.1 Å². The van der Waals surface area contributed by atoms with E-state index < -0.39 is 0 Å². The van der Waals surface area contributed by atoms with Crippen LogP contribution in [0.2, 0.25) is 0 Å². The SMILES string of the molecule is Cc1cnc(C(=O)N2CCC(N3C(=O)CSC3=O)C2)cn1. The van der Waals surface area contributed by atoms with Gasteiger partial charge in [-0.05, 0) is 13.3 Å². The highest BCUT2D eigenvalue weighted by Crippen LogP contribution is 2.26. The Morgan fingerprint density at radius 1 is 1.33 bits per heavy atom. The van der Waals surface area contributed by atoms with Gasteiger partial charge >= 0.3 is 0 Å². The Hall–Kier alpha value is -1.96. The molecule has 0 radical (unpaired) electrons. The average Bonchev–Trinajstić information content (AvgIpc) is 3.06. The molecule has 0 aliphatic carbocycles. The number of aromatic nitrogens is 2. The monoisotopic (exact) mass is 306 g/mol. The number of nitrogens with zero attached hydrogens (tertiary/aromatic N) is 4. The second kappa shape index (κ2) is 5.44. The first-order valence-electron chi connectivity index (χ1n) is 6.63. The van der Waals surface area contributed by atoms with Crippen molar-refractivity contribution in [2.45, 2.75) is 19.4 Å². The molecule has 1 aromatic rings. The lowest BCUT2D eigenvalue weighted by molar-refractivity contribution is -0.126. The highest BCUT2D eigenvalue weighted by molar-refractivity contribution is 8.14. The smallest absolute Gasteiger partial charge is 0.289 e. The Bertz CT molecular complexity index is 588. The number of thioether (sulfide) groups is 1. The molecule has 8 heteroatoms. The van der Waals surface area contributed by atoms with Gasteiger partial charge in [-0.2, -0.15) is 0 Å². The fraction of sp³-hybridized carbons (Fsp3) is 0.462. The number of carbonyl (C=O) groups excluding carboxylic acids is 3. The molecule has 1 atom stereocenters. The van der Waals surface area contributed by atoms with Crippen molar-refractivity contribution >= 4 is 28.8 Å². The second-order valence-electron chi connectivity index (χ2n) is 5.06. The van der Waals surface area contributed by atoms with Crippen LogP contribution in [0.5, 0.6) is 0 Å². The molecule has 3 amide bonds. The summed E-state index contributed by atoms with van der Waals surface area (Å²) in [6, 6.07) is -0.220. The summed E-state index contributed by atoms with van der Waals surface area (Å²) in [5.74, 6) is -0.177. The minimum atomic E-state index is -0.220. The maximum Gasteiger partial charge on any atom is 0.289 e. The van der Waals surface area contributed by atoms with Crippen molar-refractivity contribution in [1.82, 2.24) is 19.8 Å². The van der Waals surface area contributed by atoms with Crippen molar-refractivity contribution in [3.8, 4) is 0 Å². The normalized spacial score (nSPS) is 22.2. The zero-order valence-corrected chi connectivity index (χ0v) is 12.3. The van der Waals surface area contributed by atoms with Crippen molar-refractivity contribution in [1.29, 1.82) is 0 Å². The van der Waals surface area contributed by atoms with Crippen LogP contribution in [-0.2, 0) is 4.79 Å². The lowest BCUT2D eigenvalue weighted by Gasteiger charge is -2.21. The van der Waals surface area contributed by atoms with E-state index in [2.05, 4.69) is 9.97 Å². The third-order valence-corrected chi connectivity index (χ3v) is 4.44. The van der Waals surface area contributed by atoms with Gasteiger partial charge in [-0.15, -0.1) is 0 Å². The van der Waals surface area contributed by atoms with Crippen LogP contribution < -0.4 is 0 Å². The van der Waals surface area contributed by atoms with Crippen molar-refractivity contribution < 1.29 is 14.4 Å². The molecule has 0 saturated carbocycles. The minimum Gasteiger partial charge on any atom is -0.335 e. The average molecular weight is 306 g/mol. The van der Waals surface area contributed by atoms with E-state index in [0.717, 1.165) is 17.5 Å². The number of hydrogen-bond acceptors (Lipinski definition) is 6. The summed E-state index contributed by atoms with van der Waals surface area (Å²) in [5.41, 5.74) is 1.03. The van der Waals surface area contributed by atoms with Crippen LogP contribution in [0.25, 0.3) is 0 Å². The Labute approximate surface area is 125 Å². The summed E-state index contributed by atoms with van der Waals surface area (Å²) < 4.78 is 0. The molecular formula is C13H14N4O3S. The van der Waals surface area contributed by atoms with Crippen LogP contribution in [0.4, 0.5) is 4.79 Å². The quantitative estimate of drug-likeness (QED) is 0.799. The summed E-state index contributed by atoms with van der Waals surface area (Å²) in [6.45, 7) is 2.68. The van der Waals surface area contributed by atoms with Gasteiger partial charge in [0.05, 0.1) is 23.7 Å². The van der Waals surface area contributed by atoms with Crippen LogP contribution in [0.3, 0.4) is 0 Å². The van der Waals surface area contributed by atoms with Crippen molar-refractivity contribution in [2.24, 2.45) is 0 Å². The number of aryl methyl sites for hydroxylation is 1. The summed E-state index contributed by atoms with van der Waals surface area (Å²) >= 11 is 1.02.